The molecule has 3 saturated carbocycles. The highest BCUT2D eigenvalue weighted by atomic mass is 16.5. The number of carbonyl (C=O) groups excluding carboxylic acids is 1. The number of carbonyl (C=O) groups is 1. The molecule has 1 aromatic carbocycles. The van der Waals surface area contributed by atoms with Crippen molar-refractivity contribution in [2.24, 2.45) is 11.8 Å². The Labute approximate surface area is 167 Å². The van der Waals surface area contributed by atoms with Gasteiger partial charge in [-0.25, -0.2) is 0 Å². The quantitative estimate of drug-likeness (QED) is 0.807. The summed E-state index contributed by atoms with van der Waals surface area (Å²) in [6.45, 7) is 9.66. The number of phenolic OH excluding ortho intramolecular Hbond substituents is 1. The molecule has 3 unspecified atom stereocenters. The van der Waals surface area contributed by atoms with Gasteiger partial charge in [-0.05, 0) is 68.2 Å². The van der Waals surface area contributed by atoms with Crippen molar-refractivity contribution in [2.45, 2.75) is 69.2 Å². The van der Waals surface area contributed by atoms with Crippen LogP contribution in [0.4, 0.5) is 0 Å². The van der Waals surface area contributed by atoms with Crippen molar-refractivity contribution in [3.63, 3.8) is 0 Å². The number of ether oxygens (including phenoxy) is 1. The number of aromatic hydroxyl groups is 1. The minimum absolute atomic E-state index is 0.0997. The van der Waals surface area contributed by atoms with Crippen LogP contribution < -0.4 is 10.1 Å². The molecule has 0 aliphatic heterocycles. The number of methoxy groups -OCH3 is 1. The topological polar surface area (TPSA) is 58.6 Å². The summed E-state index contributed by atoms with van der Waals surface area (Å²) >= 11 is 0. The number of hydrogen-bond donors (Lipinski definition) is 2. The summed E-state index contributed by atoms with van der Waals surface area (Å²) in [5, 5.41) is 15.1. The van der Waals surface area contributed by atoms with E-state index >= 15 is 0 Å². The average molecular weight is 382 g/mol. The van der Waals surface area contributed by atoms with Gasteiger partial charge in [-0.15, -0.1) is 0 Å². The smallest absolute Gasteiger partial charge is 0.161 e. The Kier molecular flexibility index (Phi) is 3.81. The van der Waals surface area contributed by atoms with Gasteiger partial charge >= 0.3 is 0 Å². The zero-order valence-electron chi connectivity index (χ0n) is 17.2. The van der Waals surface area contributed by atoms with Gasteiger partial charge in [0.2, 0.25) is 0 Å². The summed E-state index contributed by atoms with van der Waals surface area (Å²) in [5.41, 5.74) is 3.88. The Balaban J connectivity index is 1.73. The van der Waals surface area contributed by atoms with Crippen molar-refractivity contribution in [1.29, 1.82) is 0 Å². The number of ketones is 1. The molecule has 3 fully saturated rings. The molecule has 28 heavy (non-hydrogen) atoms. The van der Waals surface area contributed by atoms with Gasteiger partial charge in [-0.1, -0.05) is 19.1 Å². The van der Waals surface area contributed by atoms with Crippen molar-refractivity contribution in [3.05, 3.63) is 29.3 Å². The third-order valence-electron chi connectivity index (χ3n) is 8.07. The Morgan fingerprint density at radius 1 is 1.36 bits per heavy atom. The number of phenols is 1. The molecule has 0 amide bonds. The molecule has 4 heteroatoms. The van der Waals surface area contributed by atoms with Gasteiger partial charge in [0, 0.05) is 35.3 Å². The van der Waals surface area contributed by atoms with Gasteiger partial charge in [-0.2, -0.15) is 0 Å². The van der Waals surface area contributed by atoms with Crippen LogP contribution in [0.2, 0.25) is 0 Å². The normalized spacial score (nSPS) is 35.6. The van der Waals surface area contributed by atoms with Crippen LogP contribution in [0.15, 0.2) is 12.6 Å². The average Bonchev–Trinajstić information content (AvgIpc) is 3.38. The molecule has 4 nitrogen and oxygen atoms in total. The molecule has 2 bridgehead atoms. The fourth-order valence-electron chi connectivity index (χ4n) is 6.86. The summed E-state index contributed by atoms with van der Waals surface area (Å²) in [4.78, 5) is 12.6. The lowest BCUT2D eigenvalue weighted by Gasteiger charge is -2.46. The van der Waals surface area contributed by atoms with Crippen molar-refractivity contribution >= 4 is 11.4 Å². The highest BCUT2D eigenvalue weighted by molar-refractivity contribution is 5.85. The van der Waals surface area contributed by atoms with E-state index in [9.17, 15) is 9.90 Å². The maximum absolute atomic E-state index is 12.6. The summed E-state index contributed by atoms with van der Waals surface area (Å²) in [6.07, 6.45) is 5.70. The van der Waals surface area contributed by atoms with Gasteiger partial charge in [-0.3, -0.25) is 4.79 Å². The van der Waals surface area contributed by atoms with Gasteiger partial charge in [0.1, 0.15) is 5.78 Å². The molecule has 4 aliphatic rings. The number of fused-ring (bicyclic) bond motifs is 3. The summed E-state index contributed by atoms with van der Waals surface area (Å²) in [7, 11) is 1.60. The van der Waals surface area contributed by atoms with Crippen LogP contribution in [0, 0.1) is 11.8 Å². The van der Waals surface area contributed by atoms with E-state index in [0.717, 1.165) is 42.0 Å². The van der Waals surface area contributed by atoms with Crippen molar-refractivity contribution in [3.8, 4) is 11.5 Å². The van der Waals surface area contributed by atoms with Gasteiger partial charge in [0.05, 0.1) is 7.11 Å². The molecular weight excluding hydrogens is 350 g/mol. The lowest BCUT2D eigenvalue weighted by molar-refractivity contribution is -0.123. The van der Waals surface area contributed by atoms with Crippen LogP contribution >= 0.6 is 0 Å². The van der Waals surface area contributed by atoms with Crippen molar-refractivity contribution in [2.75, 3.05) is 13.7 Å². The molecule has 0 heterocycles. The van der Waals surface area contributed by atoms with Gasteiger partial charge in [0.15, 0.2) is 11.5 Å². The van der Waals surface area contributed by atoms with Crippen LogP contribution in [0.1, 0.15) is 69.1 Å². The number of Topliss-reactive ketones (excluding diaryl/α,β-unsaturated/α-hetero) is 1. The Hall–Kier alpha value is -1.81. The number of benzene rings is 1. The standard InChI is InChI=1S/C24H31NO3/c1-13(2)16-9-18(28-4)21(27)20-19(16)23(3)12-24(20)10-15(26)7-8-17(24)22(23)25-11-14-5-6-14/h9,14,17,22,25,27H,1,5-8,10-12H2,2-4H3/t17?,22?,23?,24-/m0/s1. The zero-order valence-corrected chi connectivity index (χ0v) is 17.2. The predicted octanol–water partition coefficient (Wildman–Crippen LogP) is 4.08. The molecule has 0 saturated heterocycles. The molecule has 1 aromatic rings. The molecular formula is C24H31NO3. The lowest BCUT2D eigenvalue weighted by Crippen LogP contribution is -2.53. The van der Waals surface area contributed by atoms with Crippen LogP contribution in [-0.2, 0) is 15.6 Å². The van der Waals surface area contributed by atoms with Gasteiger partial charge < -0.3 is 15.2 Å². The SMILES string of the molecule is C=C(C)c1cc(OC)c(O)c2c1C1(C)C[C@]23CC(=O)CCC3C1NCC1CC1. The molecule has 2 N–H and O–H groups in total. The first-order chi connectivity index (χ1) is 13.3. The summed E-state index contributed by atoms with van der Waals surface area (Å²) < 4.78 is 5.53. The van der Waals surface area contributed by atoms with E-state index in [0.29, 0.717) is 36.3 Å². The number of allylic oxidation sites excluding steroid dienone is 1. The first-order valence-electron chi connectivity index (χ1n) is 10.7. The van der Waals surface area contributed by atoms with E-state index < -0.39 is 0 Å². The van der Waals surface area contributed by atoms with Crippen molar-refractivity contribution in [1.82, 2.24) is 5.32 Å². The minimum atomic E-state index is -0.274. The largest absolute Gasteiger partial charge is 0.504 e. The maximum atomic E-state index is 12.6. The van der Waals surface area contributed by atoms with E-state index in [1.165, 1.54) is 18.4 Å². The minimum Gasteiger partial charge on any atom is -0.504 e. The van der Waals surface area contributed by atoms with Crippen molar-refractivity contribution < 1.29 is 14.6 Å². The fraction of sp³-hybridized carbons (Fsp3) is 0.625. The van der Waals surface area contributed by atoms with Crippen LogP contribution in [0.5, 0.6) is 11.5 Å². The van der Waals surface area contributed by atoms with E-state index in [-0.39, 0.29) is 16.6 Å². The molecule has 4 atom stereocenters. The zero-order chi connectivity index (χ0) is 19.8. The molecule has 1 spiro atoms. The Morgan fingerprint density at radius 3 is 2.75 bits per heavy atom. The second-order valence-electron chi connectivity index (χ2n) is 9.95. The fourth-order valence-corrected chi connectivity index (χ4v) is 6.86. The second kappa shape index (κ2) is 5.85. The van der Waals surface area contributed by atoms with E-state index in [1.54, 1.807) is 7.11 Å². The Morgan fingerprint density at radius 2 is 2.11 bits per heavy atom. The summed E-state index contributed by atoms with van der Waals surface area (Å²) in [6, 6.07) is 2.29. The lowest BCUT2D eigenvalue weighted by atomic mass is 9.60. The number of hydrogen-bond acceptors (Lipinski definition) is 4. The first kappa shape index (κ1) is 18.2. The predicted molar refractivity (Wildman–Crippen MR) is 110 cm³/mol. The third kappa shape index (κ3) is 2.24. The first-order valence-corrected chi connectivity index (χ1v) is 10.7. The van der Waals surface area contributed by atoms with Crippen LogP contribution in [0.3, 0.4) is 0 Å². The van der Waals surface area contributed by atoms with E-state index in [4.69, 9.17) is 4.74 Å². The second-order valence-corrected chi connectivity index (χ2v) is 9.95. The number of nitrogens with one attached hydrogen (secondary N) is 1. The molecule has 0 aromatic heterocycles. The number of rotatable bonds is 5. The van der Waals surface area contributed by atoms with E-state index in [2.05, 4.69) is 18.8 Å². The van der Waals surface area contributed by atoms with Crippen LogP contribution in [-0.4, -0.2) is 30.6 Å². The van der Waals surface area contributed by atoms with E-state index in [1.807, 2.05) is 13.0 Å². The highest BCUT2D eigenvalue weighted by Crippen LogP contribution is 2.70. The summed E-state index contributed by atoms with van der Waals surface area (Å²) in [5.74, 6) is 2.27. The highest BCUT2D eigenvalue weighted by Gasteiger charge is 2.69. The molecule has 5 rings (SSSR count). The maximum Gasteiger partial charge on any atom is 0.161 e. The molecule has 4 aliphatic carbocycles. The molecule has 150 valence electrons. The Bertz CT molecular complexity index is 886. The molecule has 0 radical (unpaired) electrons. The van der Waals surface area contributed by atoms with Gasteiger partial charge in [0.25, 0.3) is 0 Å². The third-order valence-corrected chi connectivity index (χ3v) is 8.07. The monoisotopic (exact) mass is 381 g/mol. The van der Waals surface area contributed by atoms with Crippen LogP contribution in [0.25, 0.3) is 5.57 Å².